The Bertz CT molecular complexity index is 831. The lowest BCUT2D eigenvalue weighted by Crippen LogP contribution is -2.46. The van der Waals surface area contributed by atoms with Gasteiger partial charge in [-0.3, -0.25) is 4.79 Å². The number of piperazine rings is 1. The van der Waals surface area contributed by atoms with Gasteiger partial charge < -0.3 is 14.5 Å². The molecule has 0 aromatic carbocycles. The molecule has 1 aliphatic rings. The Labute approximate surface area is 160 Å². The fourth-order valence-corrected chi connectivity index (χ4v) is 4.15. The van der Waals surface area contributed by atoms with Crippen LogP contribution in [0.1, 0.15) is 29.1 Å². The Morgan fingerprint density at radius 2 is 2.00 bits per heavy atom. The first-order valence-corrected chi connectivity index (χ1v) is 9.68. The maximum absolute atomic E-state index is 12.4. The third kappa shape index (κ3) is 3.76. The number of amides is 1. The number of aromatic nitrogens is 2. The van der Waals surface area contributed by atoms with Gasteiger partial charge in [-0.05, 0) is 30.0 Å². The van der Waals surface area contributed by atoms with Gasteiger partial charge in [0, 0.05) is 26.2 Å². The number of hydrogen-bond donors (Lipinski definition) is 0. The number of nitrogens with zero attached hydrogens (tertiary/aromatic N) is 4. The molecule has 2 aromatic rings. The Morgan fingerprint density at radius 3 is 2.62 bits per heavy atom. The van der Waals surface area contributed by atoms with Crippen LogP contribution in [0, 0.1) is 12.8 Å². The molecule has 0 unspecified atom stereocenters. The van der Waals surface area contributed by atoms with E-state index in [1.165, 1.54) is 11.3 Å². The van der Waals surface area contributed by atoms with Gasteiger partial charge >= 0.3 is 5.97 Å². The van der Waals surface area contributed by atoms with Gasteiger partial charge in [-0.25, -0.2) is 9.78 Å². The number of carbonyl (C=O) groups is 2. The van der Waals surface area contributed by atoms with E-state index in [0.717, 1.165) is 17.4 Å². The highest BCUT2D eigenvalue weighted by Gasteiger charge is 2.25. The number of thiophene rings is 1. The van der Waals surface area contributed by atoms with E-state index in [-0.39, 0.29) is 17.2 Å². The summed E-state index contributed by atoms with van der Waals surface area (Å²) in [4.78, 5) is 37.1. The van der Waals surface area contributed by atoms with E-state index in [1.807, 2.05) is 20.8 Å². The molecule has 0 bridgehead atoms. The molecule has 140 valence electrons. The monoisotopic (exact) mass is 396 g/mol. The average molecular weight is 397 g/mol. The Hall–Kier alpha value is -1.93. The standard InChI is InChI=1S/C17H21ClN4O3S/c1-10(2)8-25-16(24)13-11(3)12-14(19-17(18)20-15(12)26-13)22-6-4-21(9-23)5-7-22/h9-10H,4-8H2,1-3H3. The van der Waals surface area contributed by atoms with E-state index in [9.17, 15) is 9.59 Å². The van der Waals surface area contributed by atoms with Gasteiger partial charge in [0.2, 0.25) is 11.7 Å². The van der Waals surface area contributed by atoms with Crippen molar-refractivity contribution in [3.05, 3.63) is 15.7 Å². The molecule has 2 aromatic heterocycles. The molecule has 0 N–H and O–H groups in total. The molecule has 0 spiro atoms. The maximum atomic E-state index is 12.4. The lowest BCUT2D eigenvalue weighted by Gasteiger charge is -2.33. The van der Waals surface area contributed by atoms with Gasteiger partial charge in [0.05, 0.1) is 12.0 Å². The van der Waals surface area contributed by atoms with Gasteiger partial charge in [0.15, 0.2) is 0 Å². The van der Waals surface area contributed by atoms with Gasteiger partial charge in [0.25, 0.3) is 0 Å². The van der Waals surface area contributed by atoms with Crippen LogP contribution in [-0.4, -0.2) is 60.0 Å². The van der Waals surface area contributed by atoms with Crippen molar-refractivity contribution >= 4 is 51.4 Å². The van der Waals surface area contributed by atoms with Crippen molar-refractivity contribution in [2.24, 2.45) is 5.92 Å². The summed E-state index contributed by atoms with van der Waals surface area (Å²) in [5, 5.41) is 0.976. The number of anilines is 1. The van der Waals surface area contributed by atoms with Gasteiger partial charge in [-0.1, -0.05) is 13.8 Å². The summed E-state index contributed by atoms with van der Waals surface area (Å²) >= 11 is 7.40. The Morgan fingerprint density at radius 1 is 1.31 bits per heavy atom. The van der Waals surface area contributed by atoms with Crippen molar-refractivity contribution in [1.29, 1.82) is 0 Å². The predicted octanol–water partition coefficient (Wildman–Crippen LogP) is 2.74. The Kier molecular flexibility index (Phi) is 5.62. The first-order chi connectivity index (χ1) is 12.4. The summed E-state index contributed by atoms with van der Waals surface area (Å²) in [5.74, 6) is 0.641. The fraction of sp³-hybridized carbons (Fsp3) is 0.529. The highest BCUT2D eigenvalue weighted by Crippen LogP contribution is 2.37. The minimum atomic E-state index is -0.341. The molecule has 1 fully saturated rings. The topological polar surface area (TPSA) is 75.6 Å². The van der Waals surface area contributed by atoms with E-state index in [2.05, 4.69) is 14.9 Å². The van der Waals surface area contributed by atoms with Crippen LogP contribution in [0.3, 0.4) is 0 Å². The number of fused-ring (bicyclic) bond motifs is 1. The molecule has 0 aliphatic carbocycles. The molecule has 26 heavy (non-hydrogen) atoms. The van der Waals surface area contributed by atoms with E-state index in [0.29, 0.717) is 48.3 Å². The highest BCUT2D eigenvalue weighted by atomic mass is 35.5. The lowest BCUT2D eigenvalue weighted by molar-refractivity contribution is -0.118. The SMILES string of the molecule is Cc1c(C(=O)OCC(C)C)sc2nc(Cl)nc(N3CCN(C=O)CC3)c12. The second kappa shape index (κ2) is 7.75. The molecular formula is C17H21ClN4O3S. The lowest BCUT2D eigenvalue weighted by atomic mass is 10.2. The van der Waals surface area contributed by atoms with E-state index in [1.54, 1.807) is 4.90 Å². The normalized spacial score (nSPS) is 15.0. The van der Waals surface area contributed by atoms with Crippen molar-refractivity contribution in [3.8, 4) is 0 Å². The summed E-state index contributed by atoms with van der Waals surface area (Å²) in [6.07, 6.45) is 0.860. The maximum Gasteiger partial charge on any atom is 0.348 e. The largest absolute Gasteiger partial charge is 0.461 e. The summed E-state index contributed by atoms with van der Waals surface area (Å²) in [7, 11) is 0. The number of aryl methyl sites for hydroxylation is 1. The number of rotatable bonds is 5. The van der Waals surface area contributed by atoms with Crippen molar-refractivity contribution in [2.45, 2.75) is 20.8 Å². The zero-order chi connectivity index (χ0) is 18.8. The number of hydrogen-bond acceptors (Lipinski definition) is 7. The summed E-state index contributed by atoms with van der Waals surface area (Å²) < 4.78 is 5.38. The highest BCUT2D eigenvalue weighted by molar-refractivity contribution is 7.20. The van der Waals surface area contributed by atoms with Crippen LogP contribution < -0.4 is 4.90 Å². The molecule has 1 amide bonds. The quantitative estimate of drug-likeness (QED) is 0.439. The van der Waals surface area contributed by atoms with Crippen LogP contribution in [-0.2, 0) is 9.53 Å². The van der Waals surface area contributed by atoms with Crippen LogP contribution in [0.25, 0.3) is 10.2 Å². The number of halogens is 1. The van der Waals surface area contributed by atoms with Gasteiger partial charge in [0.1, 0.15) is 15.5 Å². The van der Waals surface area contributed by atoms with Crippen LogP contribution in [0.4, 0.5) is 5.82 Å². The fourth-order valence-electron chi connectivity index (χ4n) is 2.86. The van der Waals surface area contributed by atoms with Crippen LogP contribution in [0.15, 0.2) is 0 Å². The van der Waals surface area contributed by atoms with E-state index in [4.69, 9.17) is 16.3 Å². The second-order valence-electron chi connectivity index (χ2n) is 6.67. The van der Waals surface area contributed by atoms with Crippen LogP contribution in [0.2, 0.25) is 5.28 Å². The third-order valence-electron chi connectivity index (χ3n) is 4.24. The Balaban J connectivity index is 1.97. The van der Waals surface area contributed by atoms with E-state index >= 15 is 0 Å². The zero-order valence-corrected chi connectivity index (χ0v) is 16.6. The average Bonchev–Trinajstić information content (AvgIpc) is 2.95. The predicted molar refractivity (Wildman–Crippen MR) is 102 cm³/mol. The molecular weight excluding hydrogens is 376 g/mol. The molecule has 9 heteroatoms. The number of esters is 1. The van der Waals surface area contributed by atoms with E-state index < -0.39 is 0 Å². The molecule has 0 saturated carbocycles. The summed E-state index contributed by atoms with van der Waals surface area (Å²) in [5.41, 5.74) is 0.809. The molecule has 1 aliphatic heterocycles. The van der Waals surface area contributed by atoms with Gasteiger partial charge in [-0.15, -0.1) is 11.3 Å². The molecule has 1 saturated heterocycles. The second-order valence-corrected chi connectivity index (χ2v) is 8.01. The van der Waals surface area contributed by atoms with Crippen molar-refractivity contribution in [3.63, 3.8) is 0 Å². The van der Waals surface area contributed by atoms with Crippen molar-refractivity contribution in [1.82, 2.24) is 14.9 Å². The van der Waals surface area contributed by atoms with Crippen molar-refractivity contribution in [2.75, 3.05) is 37.7 Å². The van der Waals surface area contributed by atoms with Crippen molar-refractivity contribution < 1.29 is 14.3 Å². The summed E-state index contributed by atoms with van der Waals surface area (Å²) in [6, 6.07) is 0. The van der Waals surface area contributed by atoms with Crippen LogP contribution in [0.5, 0.6) is 0 Å². The molecule has 0 radical (unpaired) electrons. The minimum Gasteiger partial charge on any atom is -0.461 e. The first-order valence-electron chi connectivity index (χ1n) is 8.48. The smallest absolute Gasteiger partial charge is 0.348 e. The molecule has 0 atom stereocenters. The molecule has 7 nitrogen and oxygen atoms in total. The first kappa shape index (κ1) is 18.8. The zero-order valence-electron chi connectivity index (χ0n) is 15.0. The van der Waals surface area contributed by atoms with Crippen LogP contribution >= 0.6 is 22.9 Å². The molecule has 3 heterocycles. The third-order valence-corrected chi connectivity index (χ3v) is 5.57. The van der Waals surface area contributed by atoms with Gasteiger partial charge in [-0.2, -0.15) is 4.98 Å². The number of ether oxygens (including phenoxy) is 1. The summed E-state index contributed by atoms with van der Waals surface area (Å²) in [6.45, 7) is 8.80. The number of carbonyl (C=O) groups excluding carboxylic acids is 2. The molecule has 3 rings (SSSR count). The minimum absolute atomic E-state index is 0.147.